The second-order valence-electron chi connectivity index (χ2n) is 11.1. The second-order valence-corrected chi connectivity index (χ2v) is 11.1. The van der Waals surface area contributed by atoms with Crippen LogP contribution < -0.4 is 14.8 Å². The molecule has 0 radical (unpaired) electrons. The summed E-state index contributed by atoms with van der Waals surface area (Å²) in [6, 6.07) is 9.41. The van der Waals surface area contributed by atoms with Crippen LogP contribution in [0.5, 0.6) is 11.5 Å². The Labute approximate surface area is 240 Å². The molecule has 2 aromatic carbocycles. The van der Waals surface area contributed by atoms with E-state index in [2.05, 4.69) is 22.2 Å². The number of hydrogen-bond acceptors (Lipinski definition) is 7. The monoisotopic (exact) mass is 588 g/mol. The molecule has 12 heteroatoms. The average molecular weight is 589 g/mol. The molecule has 224 valence electrons. The van der Waals surface area contributed by atoms with E-state index in [4.69, 9.17) is 14.2 Å². The molecule has 0 bridgehead atoms. The number of aromatic nitrogens is 2. The molecule has 2 aliphatic rings. The SMILES string of the molecule is C=C(CN=O)CC(C)OC1CCCc2c(C(F)(F)F)nn(-c3ccc(F)c(NCc4ccc5c(c4)OC(C)(C)O5)c3)c21. The van der Waals surface area contributed by atoms with Crippen molar-refractivity contribution in [1.29, 1.82) is 0 Å². The van der Waals surface area contributed by atoms with Crippen LogP contribution in [0.3, 0.4) is 0 Å². The maximum absolute atomic E-state index is 14.9. The molecule has 5 rings (SSSR count). The fraction of sp³-hybridized carbons (Fsp3) is 0.433. The predicted molar refractivity (Wildman–Crippen MR) is 148 cm³/mol. The van der Waals surface area contributed by atoms with Crippen molar-refractivity contribution in [3.8, 4) is 17.2 Å². The molecule has 1 aliphatic carbocycles. The molecule has 1 aromatic heterocycles. The Morgan fingerprint density at radius 1 is 1.24 bits per heavy atom. The van der Waals surface area contributed by atoms with Gasteiger partial charge in [-0.1, -0.05) is 23.4 Å². The van der Waals surface area contributed by atoms with Gasteiger partial charge in [0.15, 0.2) is 17.2 Å². The Kier molecular flexibility index (Phi) is 8.02. The van der Waals surface area contributed by atoms with Crippen molar-refractivity contribution < 1.29 is 31.8 Å². The second kappa shape index (κ2) is 11.4. The van der Waals surface area contributed by atoms with Crippen LogP contribution in [0.15, 0.2) is 53.7 Å². The zero-order valence-electron chi connectivity index (χ0n) is 23.6. The van der Waals surface area contributed by atoms with Gasteiger partial charge in [0.05, 0.1) is 23.2 Å². The molecule has 42 heavy (non-hydrogen) atoms. The number of halogens is 4. The fourth-order valence-corrected chi connectivity index (χ4v) is 5.44. The summed E-state index contributed by atoms with van der Waals surface area (Å²) in [6.45, 7) is 9.33. The summed E-state index contributed by atoms with van der Waals surface area (Å²) in [6.07, 6.45) is -4.31. The van der Waals surface area contributed by atoms with E-state index in [1.165, 1.54) is 22.9 Å². The molecule has 8 nitrogen and oxygen atoms in total. The number of anilines is 1. The lowest BCUT2D eigenvalue weighted by Gasteiger charge is -2.28. The molecule has 0 amide bonds. The summed E-state index contributed by atoms with van der Waals surface area (Å²) < 4.78 is 76.0. The molecule has 2 atom stereocenters. The van der Waals surface area contributed by atoms with Crippen LogP contribution >= 0.6 is 0 Å². The van der Waals surface area contributed by atoms with Crippen LogP contribution in [0.25, 0.3) is 5.69 Å². The van der Waals surface area contributed by atoms with Crippen LogP contribution in [0.4, 0.5) is 23.2 Å². The van der Waals surface area contributed by atoms with Gasteiger partial charge in [-0.25, -0.2) is 9.07 Å². The van der Waals surface area contributed by atoms with E-state index in [1.54, 1.807) is 32.9 Å². The van der Waals surface area contributed by atoms with Gasteiger partial charge in [0, 0.05) is 26.0 Å². The number of hydrogen-bond donors (Lipinski definition) is 1. The van der Waals surface area contributed by atoms with E-state index in [0.717, 1.165) is 5.56 Å². The van der Waals surface area contributed by atoms with Crippen molar-refractivity contribution in [2.24, 2.45) is 5.18 Å². The van der Waals surface area contributed by atoms with Crippen LogP contribution in [0, 0.1) is 10.7 Å². The Bertz CT molecular complexity index is 1500. The minimum absolute atomic E-state index is 0.0601. The topological polar surface area (TPSA) is 87.0 Å². The molecule has 3 aromatic rings. The van der Waals surface area contributed by atoms with Gasteiger partial charge in [-0.15, -0.1) is 0 Å². The van der Waals surface area contributed by atoms with E-state index in [-0.39, 0.29) is 42.1 Å². The first-order valence-corrected chi connectivity index (χ1v) is 13.7. The molecule has 1 aliphatic heterocycles. The van der Waals surface area contributed by atoms with Gasteiger partial charge in [-0.05, 0) is 68.5 Å². The lowest BCUT2D eigenvalue weighted by atomic mass is 9.92. The smallest absolute Gasteiger partial charge is 0.435 e. The molecule has 2 unspecified atom stereocenters. The van der Waals surface area contributed by atoms with E-state index >= 15 is 0 Å². The van der Waals surface area contributed by atoms with Gasteiger partial charge in [0.25, 0.3) is 0 Å². The van der Waals surface area contributed by atoms with Crippen molar-refractivity contribution in [1.82, 2.24) is 9.78 Å². The lowest BCUT2D eigenvalue weighted by molar-refractivity contribution is -0.142. The Morgan fingerprint density at radius 2 is 2.00 bits per heavy atom. The van der Waals surface area contributed by atoms with E-state index in [1.807, 2.05) is 6.07 Å². The molecule has 0 fully saturated rings. The number of nitrogens with one attached hydrogen (secondary N) is 1. The molecule has 0 spiro atoms. The molecule has 0 saturated heterocycles. The third kappa shape index (κ3) is 6.28. The number of ether oxygens (including phenoxy) is 3. The third-order valence-electron chi connectivity index (χ3n) is 7.15. The first-order chi connectivity index (χ1) is 19.8. The van der Waals surface area contributed by atoms with Gasteiger partial charge in [0.2, 0.25) is 5.79 Å². The minimum Gasteiger partial charge on any atom is -0.449 e. The standard InChI is InChI=1S/C30H32F4N4O4/c1-17(15-36-39)12-18(2)40-25-7-5-6-21-27(25)38(37-28(21)30(32,33)34)20-9-10-22(31)23(14-20)35-16-19-8-11-24-26(13-19)42-29(3,4)41-24/h8-11,13-14,18,25,35H,1,5-7,12,15-16H2,2-4H3. The minimum atomic E-state index is -4.68. The lowest BCUT2D eigenvalue weighted by Crippen LogP contribution is -2.29. The summed E-state index contributed by atoms with van der Waals surface area (Å²) in [5, 5.41) is 9.85. The van der Waals surface area contributed by atoms with E-state index in [0.29, 0.717) is 36.3 Å². The molecule has 2 heterocycles. The van der Waals surface area contributed by atoms with Crippen molar-refractivity contribution in [3.63, 3.8) is 0 Å². The Hall–Kier alpha value is -3.93. The summed E-state index contributed by atoms with van der Waals surface area (Å²) >= 11 is 0. The Morgan fingerprint density at radius 3 is 2.74 bits per heavy atom. The van der Waals surface area contributed by atoms with Crippen LogP contribution in [-0.4, -0.2) is 28.2 Å². The Balaban J connectivity index is 1.43. The highest BCUT2D eigenvalue weighted by molar-refractivity contribution is 5.54. The van der Waals surface area contributed by atoms with Crippen molar-refractivity contribution >= 4 is 5.69 Å². The molecular weight excluding hydrogens is 556 g/mol. The number of nitroso groups, excluding NO2 is 1. The summed E-state index contributed by atoms with van der Waals surface area (Å²) in [5.74, 6) is -0.173. The summed E-state index contributed by atoms with van der Waals surface area (Å²) in [4.78, 5) is 10.6. The maximum atomic E-state index is 14.9. The highest BCUT2D eigenvalue weighted by atomic mass is 19.4. The van der Waals surface area contributed by atoms with Crippen molar-refractivity contribution in [2.45, 2.75) is 77.2 Å². The third-order valence-corrected chi connectivity index (χ3v) is 7.15. The molecule has 0 saturated carbocycles. The fourth-order valence-electron chi connectivity index (χ4n) is 5.44. The number of benzene rings is 2. The normalized spacial score (nSPS) is 17.9. The van der Waals surface area contributed by atoms with Crippen molar-refractivity contribution in [3.05, 3.63) is 81.8 Å². The summed E-state index contributed by atoms with van der Waals surface area (Å²) in [7, 11) is 0. The maximum Gasteiger partial charge on any atom is 0.435 e. The first-order valence-electron chi connectivity index (χ1n) is 13.7. The molecule has 1 N–H and O–H groups in total. The predicted octanol–water partition coefficient (Wildman–Crippen LogP) is 7.64. The van der Waals surface area contributed by atoms with Gasteiger partial charge < -0.3 is 19.5 Å². The van der Waals surface area contributed by atoms with E-state index in [9.17, 15) is 22.5 Å². The average Bonchev–Trinajstić information content (AvgIpc) is 3.45. The number of nitrogens with zero attached hydrogens (tertiary/aromatic N) is 3. The number of rotatable bonds is 10. The van der Waals surface area contributed by atoms with Crippen LogP contribution in [-0.2, 0) is 23.9 Å². The zero-order chi connectivity index (χ0) is 30.2. The van der Waals surface area contributed by atoms with Crippen LogP contribution in [0.2, 0.25) is 0 Å². The quantitative estimate of drug-likeness (QED) is 0.149. The van der Waals surface area contributed by atoms with Gasteiger partial charge in [0.1, 0.15) is 18.5 Å². The number of fused-ring (bicyclic) bond motifs is 2. The highest BCUT2D eigenvalue weighted by Gasteiger charge is 2.42. The van der Waals surface area contributed by atoms with E-state index < -0.39 is 35.7 Å². The largest absolute Gasteiger partial charge is 0.449 e. The zero-order valence-corrected chi connectivity index (χ0v) is 23.6. The number of alkyl halides is 3. The van der Waals surface area contributed by atoms with Crippen LogP contribution in [0.1, 0.15) is 68.7 Å². The first kappa shape index (κ1) is 29.6. The highest BCUT2D eigenvalue weighted by Crippen LogP contribution is 2.43. The van der Waals surface area contributed by atoms with Gasteiger partial charge in [-0.3, -0.25) is 0 Å². The molecular formula is C30H32F4N4O4. The van der Waals surface area contributed by atoms with Crippen molar-refractivity contribution in [2.75, 3.05) is 11.9 Å². The van der Waals surface area contributed by atoms with Gasteiger partial charge in [-0.2, -0.15) is 23.2 Å². The summed E-state index contributed by atoms with van der Waals surface area (Å²) in [5.41, 5.74) is 1.11. The van der Waals surface area contributed by atoms with Gasteiger partial charge >= 0.3 is 6.18 Å².